The van der Waals surface area contributed by atoms with E-state index in [1.807, 2.05) is 27.7 Å². The minimum Gasteiger partial charge on any atom is -0.462 e. The first-order valence-corrected chi connectivity index (χ1v) is 7.35. The van der Waals surface area contributed by atoms with E-state index < -0.39 is 22.5 Å². The molecule has 7 heteroatoms. The molecule has 0 spiro atoms. The second-order valence-corrected chi connectivity index (χ2v) is 5.94. The lowest BCUT2D eigenvalue weighted by Gasteiger charge is -2.12. The predicted molar refractivity (Wildman–Crippen MR) is 83.3 cm³/mol. The van der Waals surface area contributed by atoms with Gasteiger partial charge in [-0.2, -0.15) is 0 Å². The number of carbonyl (C=O) groups excluding carboxylic acids is 2. The fourth-order valence-electron chi connectivity index (χ4n) is 1.71. The van der Waals surface area contributed by atoms with Crippen molar-refractivity contribution in [1.82, 2.24) is 0 Å². The Morgan fingerprint density at radius 2 is 1.57 bits per heavy atom. The Morgan fingerprint density at radius 3 is 2.04 bits per heavy atom. The molecule has 23 heavy (non-hydrogen) atoms. The maximum Gasteiger partial charge on any atom is 0.346 e. The summed E-state index contributed by atoms with van der Waals surface area (Å²) in [7, 11) is 0. The number of esters is 2. The average Bonchev–Trinajstić information content (AvgIpc) is 2.49. The van der Waals surface area contributed by atoms with Crippen molar-refractivity contribution < 1.29 is 24.0 Å². The highest BCUT2D eigenvalue weighted by atomic mass is 16.6. The third-order valence-corrected chi connectivity index (χ3v) is 2.76. The van der Waals surface area contributed by atoms with Crippen LogP contribution in [-0.2, 0) is 9.47 Å². The Morgan fingerprint density at radius 1 is 1.04 bits per heavy atom. The quantitative estimate of drug-likeness (QED) is 0.434. The topological polar surface area (TPSA) is 95.7 Å². The van der Waals surface area contributed by atoms with Crippen molar-refractivity contribution in [2.45, 2.75) is 27.7 Å². The Hall–Kier alpha value is -2.44. The lowest BCUT2D eigenvalue weighted by molar-refractivity contribution is -0.385. The van der Waals surface area contributed by atoms with Gasteiger partial charge in [0.05, 0.1) is 23.7 Å². The van der Waals surface area contributed by atoms with Crippen molar-refractivity contribution in [2.24, 2.45) is 11.8 Å². The summed E-state index contributed by atoms with van der Waals surface area (Å²) in [6.45, 7) is 7.65. The second-order valence-electron chi connectivity index (χ2n) is 5.94. The third kappa shape index (κ3) is 5.36. The van der Waals surface area contributed by atoms with Gasteiger partial charge in [0.1, 0.15) is 0 Å². The molecule has 0 bridgehead atoms. The number of ether oxygens (including phenoxy) is 2. The molecule has 0 amide bonds. The molecule has 1 aromatic rings. The van der Waals surface area contributed by atoms with E-state index in [0.29, 0.717) is 0 Å². The standard InChI is InChI=1S/C16H21NO6/c1-10(2)8-22-15(18)12-6-5-7-13(17(20)21)14(12)16(19)23-9-11(3)4/h5-7,10-11H,8-9H2,1-4H3. The van der Waals surface area contributed by atoms with Gasteiger partial charge in [-0.3, -0.25) is 10.1 Å². The number of carbonyl (C=O) groups is 2. The molecule has 0 N–H and O–H groups in total. The molecule has 0 aliphatic rings. The fourth-order valence-corrected chi connectivity index (χ4v) is 1.71. The maximum absolute atomic E-state index is 12.2. The molecule has 0 heterocycles. The minimum absolute atomic E-state index is 0.0676. The highest BCUT2D eigenvalue weighted by Crippen LogP contribution is 2.24. The molecule has 0 aliphatic carbocycles. The summed E-state index contributed by atoms with van der Waals surface area (Å²) in [6.07, 6.45) is 0. The SMILES string of the molecule is CC(C)COC(=O)c1cccc([N+](=O)[O-])c1C(=O)OCC(C)C. The summed E-state index contributed by atoms with van der Waals surface area (Å²) in [5, 5.41) is 11.2. The summed E-state index contributed by atoms with van der Waals surface area (Å²) in [6, 6.07) is 3.82. The van der Waals surface area contributed by atoms with Gasteiger partial charge in [0.25, 0.3) is 5.69 Å². The van der Waals surface area contributed by atoms with Gasteiger partial charge in [0.15, 0.2) is 5.56 Å². The van der Waals surface area contributed by atoms with E-state index in [2.05, 4.69) is 0 Å². The first kappa shape index (κ1) is 18.6. The molecular weight excluding hydrogens is 302 g/mol. The summed E-state index contributed by atoms with van der Waals surface area (Å²) >= 11 is 0. The zero-order valence-corrected chi connectivity index (χ0v) is 13.7. The van der Waals surface area contributed by atoms with Gasteiger partial charge in [-0.25, -0.2) is 9.59 Å². The predicted octanol–water partition coefficient (Wildman–Crippen LogP) is 3.22. The third-order valence-electron chi connectivity index (χ3n) is 2.76. The van der Waals surface area contributed by atoms with E-state index in [-0.39, 0.29) is 36.2 Å². The van der Waals surface area contributed by atoms with Crippen LogP contribution in [0.1, 0.15) is 48.4 Å². The van der Waals surface area contributed by atoms with E-state index >= 15 is 0 Å². The van der Waals surface area contributed by atoms with Gasteiger partial charge < -0.3 is 9.47 Å². The van der Waals surface area contributed by atoms with Crippen LogP contribution in [0.2, 0.25) is 0 Å². The molecule has 1 aromatic carbocycles. The Labute approximate surface area is 134 Å². The highest BCUT2D eigenvalue weighted by molar-refractivity contribution is 6.06. The summed E-state index contributed by atoms with van der Waals surface area (Å²) < 4.78 is 10.1. The molecular formula is C16H21NO6. The highest BCUT2D eigenvalue weighted by Gasteiger charge is 2.29. The van der Waals surface area contributed by atoms with Crippen LogP contribution in [0.5, 0.6) is 0 Å². The molecule has 126 valence electrons. The lowest BCUT2D eigenvalue weighted by atomic mass is 10.1. The Kier molecular flexibility index (Phi) is 6.68. The van der Waals surface area contributed by atoms with Crippen molar-refractivity contribution in [3.05, 3.63) is 39.4 Å². The molecule has 0 unspecified atom stereocenters. The smallest absolute Gasteiger partial charge is 0.346 e. The van der Waals surface area contributed by atoms with E-state index in [1.54, 1.807) is 0 Å². The van der Waals surface area contributed by atoms with Gasteiger partial charge >= 0.3 is 11.9 Å². The number of rotatable bonds is 7. The zero-order chi connectivity index (χ0) is 17.6. The molecule has 0 aromatic heterocycles. The van der Waals surface area contributed by atoms with Crippen molar-refractivity contribution in [3.8, 4) is 0 Å². The van der Waals surface area contributed by atoms with Gasteiger partial charge in [0, 0.05) is 6.07 Å². The van der Waals surface area contributed by atoms with Crippen molar-refractivity contribution >= 4 is 17.6 Å². The molecule has 0 fully saturated rings. The first-order chi connectivity index (χ1) is 10.7. The normalized spacial score (nSPS) is 10.7. The van der Waals surface area contributed by atoms with Crippen LogP contribution in [0.3, 0.4) is 0 Å². The molecule has 0 saturated carbocycles. The van der Waals surface area contributed by atoms with Crippen LogP contribution in [-0.4, -0.2) is 30.1 Å². The van der Waals surface area contributed by atoms with Crippen molar-refractivity contribution in [3.63, 3.8) is 0 Å². The van der Waals surface area contributed by atoms with E-state index in [4.69, 9.17) is 9.47 Å². The average molecular weight is 323 g/mol. The molecule has 7 nitrogen and oxygen atoms in total. The molecule has 0 saturated heterocycles. The Balaban J connectivity index is 3.19. The summed E-state index contributed by atoms with van der Waals surface area (Å²) in [5.41, 5.74) is -1.00. The van der Waals surface area contributed by atoms with Crippen LogP contribution >= 0.6 is 0 Å². The van der Waals surface area contributed by atoms with Gasteiger partial charge in [-0.1, -0.05) is 33.8 Å². The van der Waals surface area contributed by atoms with Crippen LogP contribution in [0.25, 0.3) is 0 Å². The number of nitrogens with zero attached hydrogens (tertiary/aromatic N) is 1. The Bertz CT molecular complexity index is 594. The minimum atomic E-state index is -0.900. The number of nitro benzene ring substituents is 1. The molecule has 0 aliphatic heterocycles. The summed E-state index contributed by atoms with van der Waals surface area (Å²) in [5.74, 6) is -1.51. The van der Waals surface area contributed by atoms with Crippen molar-refractivity contribution in [1.29, 1.82) is 0 Å². The largest absolute Gasteiger partial charge is 0.462 e. The maximum atomic E-state index is 12.2. The number of nitro groups is 1. The van der Waals surface area contributed by atoms with E-state index in [9.17, 15) is 19.7 Å². The fraction of sp³-hybridized carbons (Fsp3) is 0.500. The van der Waals surface area contributed by atoms with E-state index in [1.165, 1.54) is 12.1 Å². The molecule has 1 rings (SSSR count). The monoisotopic (exact) mass is 323 g/mol. The van der Waals surface area contributed by atoms with Crippen LogP contribution in [0.15, 0.2) is 18.2 Å². The van der Waals surface area contributed by atoms with Gasteiger partial charge in [-0.15, -0.1) is 0 Å². The van der Waals surface area contributed by atoms with Gasteiger partial charge in [0.2, 0.25) is 0 Å². The summed E-state index contributed by atoms with van der Waals surface area (Å²) in [4.78, 5) is 34.8. The number of benzene rings is 1. The van der Waals surface area contributed by atoms with E-state index in [0.717, 1.165) is 6.07 Å². The number of hydrogen-bond acceptors (Lipinski definition) is 6. The zero-order valence-electron chi connectivity index (χ0n) is 13.7. The van der Waals surface area contributed by atoms with Crippen LogP contribution < -0.4 is 0 Å². The molecule has 0 radical (unpaired) electrons. The van der Waals surface area contributed by atoms with Crippen molar-refractivity contribution in [2.75, 3.05) is 13.2 Å². The second kappa shape index (κ2) is 8.26. The lowest BCUT2D eigenvalue weighted by Crippen LogP contribution is -2.18. The van der Waals surface area contributed by atoms with Gasteiger partial charge in [-0.05, 0) is 17.9 Å². The number of hydrogen-bond donors (Lipinski definition) is 0. The van der Waals surface area contributed by atoms with Crippen LogP contribution in [0.4, 0.5) is 5.69 Å². The first-order valence-electron chi connectivity index (χ1n) is 7.35. The molecule has 0 atom stereocenters. The van der Waals surface area contributed by atoms with Crippen LogP contribution in [0, 0.1) is 22.0 Å².